The third kappa shape index (κ3) is 3.21. The van der Waals surface area contributed by atoms with E-state index in [0.29, 0.717) is 0 Å². The number of benzene rings is 1. The molecule has 1 amide bonds. The first-order valence-electron chi connectivity index (χ1n) is 6.16. The van der Waals surface area contributed by atoms with Crippen molar-refractivity contribution in [3.8, 4) is 11.3 Å². The molecule has 3 rings (SSSR count). The number of anilines is 1. The smallest absolute Gasteiger partial charge is 0.355 e. The average Bonchev–Trinajstić information content (AvgIpc) is 3.17. The molecule has 0 aliphatic rings. The molecule has 2 heterocycles. The zero-order chi connectivity index (χ0) is 16.4. The van der Waals surface area contributed by atoms with E-state index in [9.17, 15) is 18.0 Å². The van der Waals surface area contributed by atoms with Gasteiger partial charge in [0.05, 0.1) is 5.56 Å². The highest BCUT2D eigenvalue weighted by Gasteiger charge is 2.34. The zero-order valence-corrected chi connectivity index (χ0v) is 12.0. The first-order chi connectivity index (χ1) is 10.9. The van der Waals surface area contributed by atoms with Gasteiger partial charge in [0.1, 0.15) is 5.51 Å². The van der Waals surface area contributed by atoms with E-state index < -0.39 is 17.6 Å². The molecule has 3 aromatic rings. The first-order valence-corrected chi connectivity index (χ1v) is 7.04. The Morgan fingerprint density at radius 1 is 1.26 bits per heavy atom. The van der Waals surface area contributed by atoms with Gasteiger partial charge in [-0.15, -0.1) is 10.2 Å². The summed E-state index contributed by atoms with van der Waals surface area (Å²) in [6.07, 6.45) is -4.54. The number of amides is 1. The van der Waals surface area contributed by atoms with Crippen molar-refractivity contribution in [2.24, 2.45) is 0 Å². The lowest BCUT2D eigenvalue weighted by atomic mass is 10.0. The monoisotopic (exact) mass is 340 g/mol. The average molecular weight is 340 g/mol. The Hall–Kier alpha value is -2.75. The Bertz CT molecular complexity index is 830. The number of hydrogen-bond acceptors (Lipinski definition) is 6. The van der Waals surface area contributed by atoms with Gasteiger partial charge < -0.3 is 4.52 Å². The Morgan fingerprint density at radius 2 is 2.04 bits per heavy atom. The lowest BCUT2D eigenvalue weighted by Gasteiger charge is -2.09. The van der Waals surface area contributed by atoms with Crippen LogP contribution in [0.4, 0.5) is 18.3 Å². The topological polar surface area (TPSA) is 80.9 Å². The minimum Gasteiger partial charge on any atom is -0.355 e. The van der Waals surface area contributed by atoms with Crippen LogP contribution in [0.1, 0.15) is 16.1 Å². The summed E-state index contributed by atoms with van der Waals surface area (Å²) in [7, 11) is 0. The summed E-state index contributed by atoms with van der Waals surface area (Å²) in [5, 5.41) is 13.3. The molecule has 1 aromatic carbocycles. The van der Waals surface area contributed by atoms with Crippen LogP contribution < -0.4 is 5.32 Å². The minimum absolute atomic E-state index is 0.152. The van der Waals surface area contributed by atoms with E-state index in [4.69, 9.17) is 4.52 Å². The van der Waals surface area contributed by atoms with Crippen LogP contribution in [0.25, 0.3) is 11.3 Å². The number of hydrogen-bond donors (Lipinski definition) is 1. The summed E-state index contributed by atoms with van der Waals surface area (Å²) in [6, 6.07) is 6.02. The van der Waals surface area contributed by atoms with Crippen molar-refractivity contribution in [2.75, 3.05) is 5.32 Å². The first kappa shape index (κ1) is 15.2. The van der Waals surface area contributed by atoms with Crippen molar-refractivity contribution >= 4 is 22.4 Å². The summed E-state index contributed by atoms with van der Waals surface area (Å²) < 4.78 is 43.9. The molecule has 6 nitrogen and oxygen atoms in total. The van der Waals surface area contributed by atoms with Crippen LogP contribution in [0.5, 0.6) is 0 Å². The van der Waals surface area contributed by atoms with Gasteiger partial charge in [0.25, 0.3) is 5.91 Å². The van der Waals surface area contributed by atoms with Gasteiger partial charge in [-0.1, -0.05) is 34.7 Å². The second-order valence-electron chi connectivity index (χ2n) is 4.32. The molecule has 0 aliphatic carbocycles. The highest BCUT2D eigenvalue weighted by atomic mass is 32.1. The fraction of sp³-hybridized carbons (Fsp3) is 0.0769. The minimum atomic E-state index is -4.54. The van der Waals surface area contributed by atoms with E-state index >= 15 is 0 Å². The van der Waals surface area contributed by atoms with Gasteiger partial charge in [-0.05, 0) is 6.07 Å². The number of carbonyl (C=O) groups excluding carboxylic acids is 1. The van der Waals surface area contributed by atoms with Crippen molar-refractivity contribution in [1.82, 2.24) is 15.4 Å². The van der Waals surface area contributed by atoms with Gasteiger partial charge in [-0.3, -0.25) is 10.1 Å². The Morgan fingerprint density at radius 3 is 2.74 bits per heavy atom. The molecule has 0 spiro atoms. The second kappa shape index (κ2) is 5.80. The SMILES string of the molecule is O=C(Nc1nncs1)c1cc(-c2ccccc2C(F)(F)F)on1. The zero-order valence-electron chi connectivity index (χ0n) is 11.2. The number of rotatable bonds is 3. The maximum Gasteiger partial charge on any atom is 0.417 e. The van der Waals surface area contributed by atoms with E-state index in [2.05, 4.69) is 20.7 Å². The van der Waals surface area contributed by atoms with E-state index in [1.54, 1.807) is 0 Å². The van der Waals surface area contributed by atoms with Crippen molar-refractivity contribution in [1.29, 1.82) is 0 Å². The molecule has 2 aromatic heterocycles. The highest BCUT2D eigenvalue weighted by Crippen LogP contribution is 2.37. The Balaban J connectivity index is 1.89. The predicted octanol–water partition coefficient (Wildman–Crippen LogP) is 3.46. The maximum absolute atomic E-state index is 13.0. The fourth-order valence-corrected chi connectivity index (χ4v) is 2.28. The van der Waals surface area contributed by atoms with Crippen molar-refractivity contribution < 1.29 is 22.5 Å². The molecule has 0 unspecified atom stereocenters. The van der Waals surface area contributed by atoms with Gasteiger partial charge in [0.15, 0.2) is 11.5 Å². The molecule has 0 bridgehead atoms. The lowest BCUT2D eigenvalue weighted by Crippen LogP contribution is -2.11. The standard InChI is InChI=1S/C13H7F3N4O2S/c14-13(15,16)8-4-2-1-3-7(8)10-5-9(20-22-10)11(21)18-12-19-17-6-23-12/h1-6H,(H,18,19,21). The number of alkyl halides is 3. The Kier molecular flexibility index (Phi) is 3.82. The van der Waals surface area contributed by atoms with Crippen LogP contribution in [-0.2, 0) is 6.18 Å². The van der Waals surface area contributed by atoms with E-state index in [1.807, 2.05) is 0 Å². The second-order valence-corrected chi connectivity index (χ2v) is 5.15. The number of nitrogens with zero attached hydrogens (tertiary/aromatic N) is 3. The van der Waals surface area contributed by atoms with Crippen LogP contribution >= 0.6 is 11.3 Å². The van der Waals surface area contributed by atoms with Crippen LogP contribution in [0, 0.1) is 0 Å². The van der Waals surface area contributed by atoms with Gasteiger partial charge in [0, 0.05) is 11.6 Å². The quantitative estimate of drug-likeness (QED) is 0.790. The Labute approximate surface area is 130 Å². The van der Waals surface area contributed by atoms with Gasteiger partial charge in [-0.2, -0.15) is 13.2 Å². The summed E-state index contributed by atoms with van der Waals surface area (Å²) in [5.74, 6) is -0.804. The molecule has 23 heavy (non-hydrogen) atoms. The summed E-state index contributed by atoms with van der Waals surface area (Å²) in [5.41, 5.74) is 0.200. The van der Waals surface area contributed by atoms with Crippen LogP contribution in [0.3, 0.4) is 0 Å². The third-order valence-corrected chi connectivity index (χ3v) is 3.43. The van der Waals surface area contributed by atoms with Crippen molar-refractivity contribution in [3.63, 3.8) is 0 Å². The van der Waals surface area contributed by atoms with Crippen LogP contribution in [0.15, 0.2) is 40.4 Å². The number of halogens is 3. The molecule has 0 saturated heterocycles. The number of carbonyl (C=O) groups is 1. The van der Waals surface area contributed by atoms with Crippen LogP contribution in [0.2, 0.25) is 0 Å². The van der Waals surface area contributed by atoms with E-state index in [-0.39, 0.29) is 22.1 Å². The number of nitrogens with one attached hydrogen (secondary N) is 1. The van der Waals surface area contributed by atoms with Gasteiger partial charge in [0.2, 0.25) is 5.13 Å². The van der Waals surface area contributed by atoms with Gasteiger partial charge in [-0.25, -0.2) is 0 Å². The van der Waals surface area contributed by atoms with Crippen molar-refractivity contribution in [2.45, 2.75) is 6.18 Å². The fourth-order valence-electron chi connectivity index (χ4n) is 1.84. The maximum atomic E-state index is 13.0. The largest absolute Gasteiger partial charge is 0.417 e. The summed E-state index contributed by atoms with van der Waals surface area (Å²) in [4.78, 5) is 11.9. The molecule has 0 aliphatic heterocycles. The highest BCUT2D eigenvalue weighted by molar-refractivity contribution is 7.13. The third-order valence-electron chi connectivity index (χ3n) is 2.82. The predicted molar refractivity (Wildman–Crippen MR) is 74.8 cm³/mol. The molecule has 0 atom stereocenters. The molecular formula is C13H7F3N4O2S. The molecule has 10 heteroatoms. The molecule has 118 valence electrons. The molecule has 0 fully saturated rings. The van der Waals surface area contributed by atoms with Gasteiger partial charge >= 0.3 is 6.18 Å². The summed E-state index contributed by atoms with van der Waals surface area (Å²) >= 11 is 1.09. The van der Waals surface area contributed by atoms with Crippen LogP contribution in [-0.4, -0.2) is 21.3 Å². The molecular weight excluding hydrogens is 333 g/mol. The van der Waals surface area contributed by atoms with Crippen molar-refractivity contribution in [3.05, 3.63) is 47.1 Å². The van der Waals surface area contributed by atoms with E-state index in [1.165, 1.54) is 23.7 Å². The number of aromatic nitrogens is 3. The lowest BCUT2D eigenvalue weighted by molar-refractivity contribution is -0.137. The molecule has 1 N–H and O–H groups in total. The molecule has 0 saturated carbocycles. The van der Waals surface area contributed by atoms with E-state index in [0.717, 1.165) is 23.5 Å². The summed E-state index contributed by atoms with van der Waals surface area (Å²) in [6.45, 7) is 0. The molecule has 0 radical (unpaired) electrons. The normalized spacial score (nSPS) is 11.4.